The van der Waals surface area contributed by atoms with Crippen LogP contribution in [0, 0.1) is 17.8 Å². The van der Waals surface area contributed by atoms with E-state index in [1.165, 1.54) is 19.3 Å². The fourth-order valence-electron chi connectivity index (χ4n) is 2.11. The zero-order valence-corrected chi connectivity index (χ0v) is 6.61. The predicted octanol–water partition coefficient (Wildman–Crippen LogP) is 2.35. The Labute approximate surface area is 62.4 Å². The highest BCUT2D eigenvalue weighted by atomic mass is 32.1. The molecule has 2 aliphatic carbocycles. The van der Waals surface area contributed by atoms with Crippen LogP contribution in [-0.2, 0) is 0 Å². The van der Waals surface area contributed by atoms with Gasteiger partial charge in [-0.3, -0.25) is 0 Å². The van der Waals surface area contributed by atoms with E-state index in [9.17, 15) is 0 Å². The number of fused-ring (bicyclic) bond motifs is 1. The van der Waals surface area contributed by atoms with E-state index in [1.54, 1.807) is 6.42 Å². The summed E-state index contributed by atoms with van der Waals surface area (Å²) in [5, 5.41) is 0. The highest BCUT2D eigenvalue weighted by molar-refractivity contribution is 7.80. The Bertz CT molecular complexity index is 111. The Morgan fingerprint density at radius 2 is 2.00 bits per heavy atom. The van der Waals surface area contributed by atoms with E-state index in [4.69, 9.17) is 0 Å². The first-order valence-corrected chi connectivity index (χ1v) is 4.64. The summed E-state index contributed by atoms with van der Waals surface area (Å²) in [7, 11) is 0. The van der Waals surface area contributed by atoms with E-state index >= 15 is 0 Å². The van der Waals surface area contributed by atoms with Crippen LogP contribution in [0.3, 0.4) is 0 Å². The van der Waals surface area contributed by atoms with Crippen molar-refractivity contribution in [2.24, 2.45) is 17.8 Å². The summed E-state index contributed by atoms with van der Waals surface area (Å²) in [6.07, 6.45) is 6.01. The minimum absolute atomic E-state index is 0.970. The van der Waals surface area contributed by atoms with E-state index in [-0.39, 0.29) is 0 Å². The van der Waals surface area contributed by atoms with Gasteiger partial charge in [0.1, 0.15) is 0 Å². The average Bonchev–Trinajstić information content (AvgIpc) is 2.64. The van der Waals surface area contributed by atoms with Crippen molar-refractivity contribution in [2.75, 3.05) is 5.75 Å². The van der Waals surface area contributed by atoms with E-state index in [1.807, 2.05) is 0 Å². The van der Waals surface area contributed by atoms with E-state index < -0.39 is 0 Å². The van der Waals surface area contributed by atoms with Crippen molar-refractivity contribution in [3.8, 4) is 0 Å². The van der Waals surface area contributed by atoms with Crippen molar-refractivity contribution in [1.82, 2.24) is 0 Å². The van der Waals surface area contributed by atoms with Gasteiger partial charge in [-0.05, 0) is 49.2 Å². The lowest BCUT2D eigenvalue weighted by atomic mass is 9.91. The highest BCUT2D eigenvalue weighted by Crippen LogP contribution is 2.51. The number of hydrogen-bond donors (Lipinski definition) is 1. The van der Waals surface area contributed by atoms with Crippen LogP contribution in [0.25, 0.3) is 0 Å². The lowest BCUT2D eigenvalue weighted by Gasteiger charge is -2.18. The maximum Gasteiger partial charge on any atom is -0.00694 e. The molecule has 0 aromatic rings. The number of rotatable bonds is 1. The molecule has 3 unspecified atom stereocenters. The molecule has 0 aliphatic heterocycles. The minimum atomic E-state index is 0.970. The van der Waals surface area contributed by atoms with Crippen molar-refractivity contribution in [3.63, 3.8) is 0 Å². The van der Waals surface area contributed by atoms with Crippen LogP contribution in [-0.4, -0.2) is 5.75 Å². The zero-order valence-electron chi connectivity index (χ0n) is 5.71. The molecule has 2 aliphatic rings. The van der Waals surface area contributed by atoms with Gasteiger partial charge in [-0.1, -0.05) is 0 Å². The molecule has 0 aromatic heterocycles. The van der Waals surface area contributed by atoms with Crippen LogP contribution in [0.5, 0.6) is 0 Å². The van der Waals surface area contributed by atoms with Crippen molar-refractivity contribution < 1.29 is 0 Å². The standard InChI is InChI=1S/C8H14S/c9-5-6-1-2-7-4-8(7)3-6/h6-9H,1-5H2. The first-order valence-electron chi connectivity index (χ1n) is 4.01. The van der Waals surface area contributed by atoms with E-state index in [0.717, 1.165) is 23.5 Å². The first kappa shape index (κ1) is 6.09. The van der Waals surface area contributed by atoms with Crippen molar-refractivity contribution in [1.29, 1.82) is 0 Å². The fraction of sp³-hybridized carbons (Fsp3) is 1.00. The second-order valence-electron chi connectivity index (χ2n) is 3.62. The molecule has 0 spiro atoms. The van der Waals surface area contributed by atoms with Crippen LogP contribution in [0.15, 0.2) is 0 Å². The van der Waals surface area contributed by atoms with Gasteiger partial charge in [0.05, 0.1) is 0 Å². The molecule has 0 saturated heterocycles. The Morgan fingerprint density at radius 1 is 1.11 bits per heavy atom. The summed E-state index contributed by atoms with van der Waals surface area (Å²) >= 11 is 4.32. The largest absolute Gasteiger partial charge is 0.179 e. The quantitative estimate of drug-likeness (QED) is 0.534. The van der Waals surface area contributed by atoms with Gasteiger partial charge < -0.3 is 0 Å². The van der Waals surface area contributed by atoms with Crippen molar-refractivity contribution in [3.05, 3.63) is 0 Å². The third kappa shape index (κ3) is 1.12. The molecule has 0 heterocycles. The molecule has 3 atom stereocenters. The molecule has 2 saturated carbocycles. The lowest BCUT2D eigenvalue weighted by Crippen LogP contribution is -2.09. The molecule has 0 aromatic carbocycles. The maximum atomic E-state index is 4.32. The van der Waals surface area contributed by atoms with Gasteiger partial charge in [-0.15, -0.1) is 0 Å². The summed E-state index contributed by atoms with van der Waals surface area (Å²) in [6.45, 7) is 0. The van der Waals surface area contributed by atoms with Gasteiger partial charge in [0.2, 0.25) is 0 Å². The van der Waals surface area contributed by atoms with Gasteiger partial charge >= 0.3 is 0 Å². The highest BCUT2D eigenvalue weighted by Gasteiger charge is 2.41. The number of hydrogen-bond acceptors (Lipinski definition) is 1. The summed E-state index contributed by atoms with van der Waals surface area (Å²) in [4.78, 5) is 0. The van der Waals surface area contributed by atoms with Crippen LogP contribution in [0.1, 0.15) is 25.7 Å². The second-order valence-corrected chi connectivity index (χ2v) is 3.98. The molecular formula is C8H14S. The van der Waals surface area contributed by atoms with Crippen LogP contribution < -0.4 is 0 Å². The SMILES string of the molecule is SCC1CCC2CC2C1. The minimum Gasteiger partial charge on any atom is -0.179 e. The molecule has 2 rings (SSSR count). The van der Waals surface area contributed by atoms with E-state index in [0.29, 0.717) is 0 Å². The Morgan fingerprint density at radius 3 is 2.67 bits per heavy atom. The lowest BCUT2D eigenvalue weighted by molar-refractivity contribution is 0.374. The smallest absolute Gasteiger partial charge is 0.00694 e. The number of thiol groups is 1. The predicted molar refractivity (Wildman–Crippen MR) is 42.8 cm³/mol. The van der Waals surface area contributed by atoms with Gasteiger partial charge in [0.15, 0.2) is 0 Å². The van der Waals surface area contributed by atoms with Gasteiger partial charge in [-0.2, -0.15) is 12.6 Å². The zero-order chi connectivity index (χ0) is 6.27. The molecule has 0 nitrogen and oxygen atoms in total. The van der Waals surface area contributed by atoms with Crippen molar-refractivity contribution in [2.45, 2.75) is 25.7 Å². The van der Waals surface area contributed by atoms with Gasteiger partial charge in [0.25, 0.3) is 0 Å². The molecule has 0 amide bonds. The Kier molecular flexibility index (Phi) is 1.48. The first-order chi connectivity index (χ1) is 4.40. The van der Waals surface area contributed by atoms with Crippen LogP contribution in [0.2, 0.25) is 0 Å². The molecule has 0 radical (unpaired) electrons. The van der Waals surface area contributed by atoms with Crippen LogP contribution in [0.4, 0.5) is 0 Å². The third-order valence-corrected chi connectivity index (χ3v) is 3.43. The molecule has 2 fully saturated rings. The van der Waals surface area contributed by atoms with Crippen molar-refractivity contribution >= 4 is 12.6 Å². The third-order valence-electron chi connectivity index (χ3n) is 2.91. The molecular weight excluding hydrogens is 128 g/mol. The Hall–Kier alpha value is 0.350. The Balaban J connectivity index is 1.86. The summed E-state index contributed by atoms with van der Waals surface area (Å²) < 4.78 is 0. The normalized spacial score (nSPS) is 48.3. The fourth-order valence-corrected chi connectivity index (χ4v) is 2.45. The van der Waals surface area contributed by atoms with Gasteiger partial charge in [0, 0.05) is 0 Å². The monoisotopic (exact) mass is 142 g/mol. The molecule has 0 bridgehead atoms. The summed E-state index contributed by atoms with van der Waals surface area (Å²) in [6, 6.07) is 0. The molecule has 0 N–H and O–H groups in total. The summed E-state index contributed by atoms with van der Waals surface area (Å²) in [5.74, 6) is 4.39. The summed E-state index contributed by atoms with van der Waals surface area (Å²) in [5.41, 5.74) is 0. The van der Waals surface area contributed by atoms with Gasteiger partial charge in [-0.25, -0.2) is 0 Å². The van der Waals surface area contributed by atoms with E-state index in [2.05, 4.69) is 12.6 Å². The molecule has 52 valence electrons. The maximum absolute atomic E-state index is 4.32. The second kappa shape index (κ2) is 2.19. The topological polar surface area (TPSA) is 0 Å². The molecule has 9 heavy (non-hydrogen) atoms. The average molecular weight is 142 g/mol. The van der Waals surface area contributed by atoms with Crippen LogP contribution >= 0.6 is 12.6 Å². The molecule has 1 heteroatoms.